The minimum atomic E-state index is 0. The molecule has 0 N–H and O–H groups in total. The van der Waals surface area contributed by atoms with Gasteiger partial charge in [0.1, 0.15) is 0 Å². The largest absolute Gasteiger partial charge is 2.00 e. The van der Waals surface area contributed by atoms with E-state index in [1.54, 1.807) is 5.56 Å². The molecule has 1 aromatic carbocycles. The minimum Gasteiger partial charge on any atom is -1.00 e. The van der Waals surface area contributed by atoms with Crippen LogP contribution in [0, 0.1) is 11.8 Å². The SMILES string of the molecule is CCCCCC1CCC(C2(c3ccc(Br)cc3)CCCCC2)CC1.[H-].[H-].[Mg+2]. The predicted molar refractivity (Wildman–Crippen MR) is 116 cm³/mol. The Morgan fingerprint density at radius 2 is 1.60 bits per heavy atom. The molecular weight excluding hydrogens is 380 g/mol. The van der Waals surface area contributed by atoms with Crippen molar-refractivity contribution >= 4 is 39.0 Å². The van der Waals surface area contributed by atoms with Crippen molar-refractivity contribution in [2.75, 3.05) is 0 Å². The van der Waals surface area contributed by atoms with Gasteiger partial charge in [-0.25, -0.2) is 0 Å². The molecule has 2 aliphatic carbocycles. The van der Waals surface area contributed by atoms with Crippen LogP contribution in [0.5, 0.6) is 0 Å². The van der Waals surface area contributed by atoms with Crippen LogP contribution in [0.2, 0.25) is 0 Å². The van der Waals surface area contributed by atoms with E-state index in [1.165, 1.54) is 87.9 Å². The zero-order valence-electron chi connectivity index (χ0n) is 18.2. The van der Waals surface area contributed by atoms with Gasteiger partial charge in [-0.05, 0) is 60.6 Å². The molecule has 0 aliphatic heterocycles. The summed E-state index contributed by atoms with van der Waals surface area (Å²) in [6, 6.07) is 9.37. The molecule has 0 heterocycles. The monoisotopic (exact) mass is 416 g/mol. The molecule has 0 nitrogen and oxygen atoms in total. The Morgan fingerprint density at radius 1 is 0.960 bits per heavy atom. The second-order valence-corrected chi connectivity index (χ2v) is 9.35. The van der Waals surface area contributed by atoms with Crippen molar-refractivity contribution in [3.8, 4) is 0 Å². The Labute approximate surface area is 183 Å². The number of hydrogen-bond donors (Lipinski definition) is 0. The smallest absolute Gasteiger partial charge is 1.00 e. The minimum absolute atomic E-state index is 0. The number of unbranched alkanes of at least 4 members (excludes halogenated alkanes) is 2. The van der Waals surface area contributed by atoms with Crippen molar-refractivity contribution in [3.05, 3.63) is 34.3 Å². The van der Waals surface area contributed by atoms with E-state index in [-0.39, 0.29) is 25.9 Å². The first kappa shape index (κ1) is 21.8. The Bertz CT molecular complexity index is 492. The van der Waals surface area contributed by atoms with Crippen molar-refractivity contribution in [1.29, 1.82) is 0 Å². The van der Waals surface area contributed by atoms with Gasteiger partial charge in [0.05, 0.1) is 0 Å². The first-order valence-corrected chi connectivity index (χ1v) is 11.3. The third kappa shape index (κ3) is 5.48. The number of halogens is 1. The molecule has 0 spiro atoms. The molecule has 138 valence electrons. The standard InChI is InChI=1S/C23H35Br.Mg.2H/c1-2-3-5-8-19-9-11-20(12-10-19)23(17-6-4-7-18-23)21-13-15-22(24)16-14-21;;;/h13-16,19-20H,2-12,17-18H2,1H3;;;/q;+2;2*-1. The molecular formula is C23H37BrMg. The van der Waals surface area contributed by atoms with Gasteiger partial charge in [-0.3, -0.25) is 0 Å². The van der Waals surface area contributed by atoms with E-state index in [2.05, 4.69) is 47.1 Å². The molecule has 0 amide bonds. The van der Waals surface area contributed by atoms with Gasteiger partial charge in [0, 0.05) is 4.47 Å². The maximum absolute atomic E-state index is 3.62. The normalized spacial score (nSPS) is 26.0. The summed E-state index contributed by atoms with van der Waals surface area (Å²) in [5, 5.41) is 0. The summed E-state index contributed by atoms with van der Waals surface area (Å²) in [6.45, 7) is 2.32. The molecule has 0 saturated heterocycles. The summed E-state index contributed by atoms with van der Waals surface area (Å²) in [6.07, 6.45) is 18.9. The summed E-state index contributed by atoms with van der Waals surface area (Å²) >= 11 is 3.62. The molecule has 0 unspecified atom stereocenters. The summed E-state index contributed by atoms with van der Waals surface area (Å²) in [5.41, 5.74) is 2.13. The van der Waals surface area contributed by atoms with Gasteiger partial charge < -0.3 is 2.85 Å². The Morgan fingerprint density at radius 3 is 2.20 bits per heavy atom. The molecule has 0 atom stereocenters. The van der Waals surface area contributed by atoms with Gasteiger partial charge in [-0.2, -0.15) is 0 Å². The van der Waals surface area contributed by atoms with Crippen molar-refractivity contribution in [3.63, 3.8) is 0 Å². The molecule has 2 heteroatoms. The van der Waals surface area contributed by atoms with Crippen LogP contribution in [0.3, 0.4) is 0 Å². The van der Waals surface area contributed by atoms with Crippen molar-refractivity contribution in [1.82, 2.24) is 0 Å². The molecule has 0 radical (unpaired) electrons. The summed E-state index contributed by atoms with van der Waals surface area (Å²) in [5.74, 6) is 1.96. The van der Waals surface area contributed by atoms with Crippen LogP contribution < -0.4 is 0 Å². The second-order valence-electron chi connectivity index (χ2n) is 8.44. The fraction of sp³-hybridized carbons (Fsp3) is 0.739. The van der Waals surface area contributed by atoms with E-state index in [0.29, 0.717) is 5.41 Å². The third-order valence-corrected chi connectivity index (χ3v) is 7.54. The average Bonchev–Trinajstić information content (AvgIpc) is 2.64. The Balaban J connectivity index is 0.00000225. The van der Waals surface area contributed by atoms with Gasteiger partial charge in [0.15, 0.2) is 0 Å². The van der Waals surface area contributed by atoms with Gasteiger partial charge in [-0.15, -0.1) is 0 Å². The molecule has 25 heavy (non-hydrogen) atoms. The quantitative estimate of drug-likeness (QED) is 0.326. The Hall–Kier alpha value is 0.466. The van der Waals surface area contributed by atoms with Gasteiger partial charge in [0.2, 0.25) is 0 Å². The van der Waals surface area contributed by atoms with Crippen LogP contribution in [0.4, 0.5) is 0 Å². The number of hydrogen-bond acceptors (Lipinski definition) is 0. The van der Waals surface area contributed by atoms with E-state index < -0.39 is 0 Å². The van der Waals surface area contributed by atoms with Crippen LogP contribution in [-0.2, 0) is 5.41 Å². The summed E-state index contributed by atoms with van der Waals surface area (Å²) < 4.78 is 1.22. The van der Waals surface area contributed by atoms with E-state index >= 15 is 0 Å². The topological polar surface area (TPSA) is 0 Å². The van der Waals surface area contributed by atoms with Crippen LogP contribution in [-0.4, -0.2) is 23.1 Å². The Kier molecular flexibility index (Phi) is 9.32. The third-order valence-electron chi connectivity index (χ3n) is 7.01. The molecule has 3 rings (SSSR count). The van der Waals surface area contributed by atoms with E-state index in [1.807, 2.05) is 0 Å². The molecule has 0 aromatic heterocycles. The van der Waals surface area contributed by atoms with Crippen molar-refractivity contribution in [2.45, 2.75) is 95.8 Å². The van der Waals surface area contributed by atoms with Crippen molar-refractivity contribution in [2.24, 2.45) is 11.8 Å². The average molecular weight is 418 g/mol. The molecule has 2 aliphatic rings. The first-order chi connectivity index (χ1) is 11.7. The van der Waals surface area contributed by atoms with Gasteiger partial charge >= 0.3 is 23.1 Å². The maximum Gasteiger partial charge on any atom is 2.00 e. The predicted octanol–water partition coefficient (Wildman–Crippen LogP) is 7.88. The van der Waals surface area contributed by atoms with E-state index in [9.17, 15) is 0 Å². The zero-order valence-corrected chi connectivity index (χ0v) is 19.2. The number of benzene rings is 1. The fourth-order valence-corrected chi connectivity index (χ4v) is 5.85. The summed E-state index contributed by atoms with van der Waals surface area (Å²) in [7, 11) is 0. The first-order valence-electron chi connectivity index (χ1n) is 10.5. The molecule has 2 saturated carbocycles. The number of rotatable bonds is 6. The van der Waals surface area contributed by atoms with Crippen LogP contribution in [0.1, 0.15) is 98.8 Å². The van der Waals surface area contributed by atoms with Crippen LogP contribution in [0.25, 0.3) is 0 Å². The fourth-order valence-electron chi connectivity index (χ4n) is 5.58. The summed E-state index contributed by atoms with van der Waals surface area (Å²) in [4.78, 5) is 0. The van der Waals surface area contributed by atoms with Gasteiger partial charge in [0.25, 0.3) is 0 Å². The van der Waals surface area contributed by atoms with Crippen LogP contribution >= 0.6 is 15.9 Å². The van der Waals surface area contributed by atoms with Gasteiger partial charge in [-0.1, -0.05) is 92.8 Å². The molecule has 1 aromatic rings. The van der Waals surface area contributed by atoms with Crippen molar-refractivity contribution < 1.29 is 2.85 Å². The maximum atomic E-state index is 3.62. The second kappa shape index (κ2) is 10.7. The molecule has 2 fully saturated rings. The zero-order chi connectivity index (χ0) is 16.8. The van der Waals surface area contributed by atoms with E-state index in [4.69, 9.17) is 0 Å². The van der Waals surface area contributed by atoms with E-state index in [0.717, 1.165) is 11.8 Å². The molecule has 0 bridgehead atoms. The van der Waals surface area contributed by atoms with Crippen LogP contribution in [0.15, 0.2) is 28.7 Å².